The summed E-state index contributed by atoms with van der Waals surface area (Å²) < 4.78 is 5.42. The highest BCUT2D eigenvalue weighted by Gasteiger charge is 2.41. The quantitative estimate of drug-likeness (QED) is 0.545. The van der Waals surface area contributed by atoms with Crippen LogP contribution in [0.3, 0.4) is 0 Å². The maximum atomic E-state index is 13.1. The lowest BCUT2D eigenvalue weighted by Crippen LogP contribution is -2.38. The Kier molecular flexibility index (Phi) is 7.70. The zero-order chi connectivity index (χ0) is 24.9. The number of carbonyl (C=O) groups is 2. The van der Waals surface area contributed by atoms with Crippen molar-refractivity contribution >= 4 is 28.8 Å². The molecule has 1 N–H and O–H groups in total. The van der Waals surface area contributed by atoms with Crippen LogP contribution < -0.4 is 5.32 Å². The summed E-state index contributed by atoms with van der Waals surface area (Å²) in [7, 11) is 0. The van der Waals surface area contributed by atoms with Crippen molar-refractivity contribution in [2.45, 2.75) is 46.6 Å². The Morgan fingerprint density at radius 2 is 2.00 bits per heavy atom. The minimum Gasteiger partial charge on any atom is -0.463 e. The van der Waals surface area contributed by atoms with E-state index in [0.29, 0.717) is 24.2 Å². The van der Waals surface area contributed by atoms with Crippen molar-refractivity contribution < 1.29 is 14.3 Å². The molecule has 0 aliphatic carbocycles. The summed E-state index contributed by atoms with van der Waals surface area (Å²) in [4.78, 5) is 36.9. The number of allylic oxidation sites excluding steroid dienone is 1. The second kappa shape index (κ2) is 10.9. The number of pyridine rings is 1. The van der Waals surface area contributed by atoms with Gasteiger partial charge in [-0.05, 0) is 56.4 Å². The molecule has 3 heterocycles. The molecule has 1 unspecified atom stereocenters. The van der Waals surface area contributed by atoms with Crippen LogP contribution in [0.5, 0.6) is 0 Å². The largest absolute Gasteiger partial charge is 0.463 e. The Bertz CT molecular complexity index is 1220. The number of fused-ring (bicyclic) bond motifs is 1. The van der Waals surface area contributed by atoms with Gasteiger partial charge in [0.25, 0.3) is 0 Å². The monoisotopic (exact) mass is 490 g/mol. The summed E-state index contributed by atoms with van der Waals surface area (Å²) in [5.41, 5.74) is 6.10. The molecular formula is C27H30N4O3S. The second-order valence-corrected chi connectivity index (χ2v) is 9.41. The van der Waals surface area contributed by atoms with Gasteiger partial charge in [-0.25, -0.2) is 9.79 Å². The van der Waals surface area contributed by atoms with Crippen LogP contribution in [-0.2, 0) is 20.7 Å². The Morgan fingerprint density at radius 3 is 2.71 bits per heavy atom. The minimum absolute atomic E-state index is 0.0858. The first kappa shape index (κ1) is 24.7. The van der Waals surface area contributed by atoms with Gasteiger partial charge in [0.05, 0.1) is 30.3 Å². The minimum atomic E-state index is -0.412. The molecule has 4 rings (SSSR count). The molecule has 1 amide bonds. The molecule has 8 heteroatoms. The number of aliphatic imine (C=N–C) groups is 1. The zero-order valence-corrected chi connectivity index (χ0v) is 21.3. The highest BCUT2D eigenvalue weighted by molar-refractivity contribution is 8.16. The number of hydrogen-bond acceptors (Lipinski definition) is 7. The number of amidine groups is 1. The predicted molar refractivity (Wildman–Crippen MR) is 139 cm³/mol. The number of carbonyl (C=O) groups excluding carboxylic acids is 2. The fraction of sp³-hybridized carbons (Fsp3) is 0.333. The van der Waals surface area contributed by atoms with E-state index in [-0.39, 0.29) is 24.9 Å². The number of hydrogen-bond donors (Lipinski definition) is 1. The number of thioether (sulfide) groups is 1. The molecule has 1 aromatic heterocycles. The molecule has 7 nitrogen and oxygen atoms in total. The van der Waals surface area contributed by atoms with Gasteiger partial charge in [-0.2, -0.15) is 0 Å². The fourth-order valence-electron chi connectivity index (χ4n) is 4.37. The summed E-state index contributed by atoms with van der Waals surface area (Å²) in [5, 5.41) is 5.71. The van der Waals surface area contributed by atoms with Crippen molar-refractivity contribution in [3.8, 4) is 0 Å². The molecule has 2 aliphatic rings. The third-order valence-electron chi connectivity index (χ3n) is 5.99. The van der Waals surface area contributed by atoms with Gasteiger partial charge in [0.2, 0.25) is 5.91 Å². The van der Waals surface area contributed by atoms with Crippen LogP contribution in [0.25, 0.3) is 0 Å². The highest BCUT2D eigenvalue weighted by Crippen LogP contribution is 2.45. The Labute approximate surface area is 210 Å². The number of rotatable bonds is 8. The molecule has 2 aliphatic heterocycles. The van der Waals surface area contributed by atoms with Gasteiger partial charge in [-0.3, -0.25) is 9.78 Å². The average molecular weight is 491 g/mol. The normalized spacial score (nSPS) is 17.0. The molecule has 182 valence electrons. The first-order chi connectivity index (χ1) is 16.9. The SMILES string of the molecule is CCOC(=O)C1=C(C)N=C2SC=C(CC(=O)NCCc3ccccn3)N2C1c1ccc(C)cc1C. The summed E-state index contributed by atoms with van der Waals surface area (Å²) in [5.74, 6) is -0.466. The Hall–Kier alpha value is -3.39. The van der Waals surface area contributed by atoms with Gasteiger partial charge in [0.1, 0.15) is 0 Å². The fourth-order valence-corrected chi connectivity index (χ4v) is 5.33. The van der Waals surface area contributed by atoms with Crippen LogP contribution in [0.2, 0.25) is 0 Å². The van der Waals surface area contributed by atoms with Crippen molar-refractivity contribution in [3.63, 3.8) is 0 Å². The van der Waals surface area contributed by atoms with Crippen LogP contribution in [0.15, 0.2) is 70.0 Å². The first-order valence-electron chi connectivity index (χ1n) is 11.7. The highest BCUT2D eigenvalue weighted by atomic mass is 32.2. The lowest BCUT2D eigenvalue weighted by Gasteiger charge is -2.37. The third-order valence-corrected chi connectivity index (χ3v) is 6.88. The molecule has 0 radical (unpaired) electrons. The second-order valence-electron chi connectivity index (χ2n) is 8.57. The standard InChI is InChI=1S/C27H30N4O3S/c1-5-34-26(33)24-19(4)30-27-31(25(24)22-10-9-17(2)14-18(22)3)21(16-35-27)15-23(32)29-13-11-20-8-6-7-12-28-20/h6-10,12,14,16,25H,5,11,13,15H2,1-4H3,(H,29,32). The van der Waals surface area contributed by atoms with Crippen LogP contribution in [-0.4, -0.2) is 40.1 Å². The molecule has 0 spiro atoms. The van der Waals surface area contributed by atoms with E-state index >= 15 is 0 Å². The summed E-state index contributed by atoms with van der Waals surface area (Å²) in [6.45, 7) is 8.51. The maximum absolute atomic E-state index is 13.1. The van der Waals surface area contributed by atoms with E-state index in [1.165, 1.54) is 11.8 Å². The van der Waals surface area contributed by atoms with E-state index in [0.717, 1.165) is 33.2 Å². The number of nitrogens with one attached hydrogen (secondary N) is 1. The Morgan fingerprint density at radius 1 is 1.17 bits per heavy atom. The van der Waals surface area contributed by atoms with E-state index in [2.05, 4.69) is 22.4 Å². The zero-order valence-electron chi connectivity index (χ0n) is 20.5. The average Bonchev–Trinajstić information content (AvgIpc) is 3.21. The first-order valence-corrected chi connectivity index (χ1v) is 12.6. The molecular weight excluding hydrogens is 460 g/mol. The maximum Gasteiger partial charge on any atom is 0.338 e. The van der Waals surface area contributed by atoms with E-state index < -0.39 is 6.04 Å². The van der Waals surface area contributed by atoms with E-state index in [9.17, 15) is 9.59 Å². The van der Waals surface area contributed by atoms with Crippen molar-refractivity contribution in [2.75, 3.05) is 13.2 Å². The van der Waals surface area contributed by atoms with Crippen molar-refractivity contribution in [1.82, 2.24) is 15.2 Å². The topological polar surface area (TPSA) is 83.9 Å². The molecule has 0 bridgehead atoms. The van der Waals surface area contributed by atoms with Crippen LogP contribution in [0.4, 0.5) is 0 Å². The van der Waals surface area contributed by atoms with Gasteiger partial charge < -0.3 is 15.0 Å². The van der Waals surface area contributed by atoms with Gasteiger partial charge in [0.15, 0.2) is 5.17 Å². The summed E-state index contributed by atoms with van der Waals surface area (Å²) >= 11 is 1.47. The van der Waals surface area contributed by atoms with Gasteiger partial charge in [-0.15, -0.1) is 0 Å². The van der Waals surface area contributed by atoms with Crippen molar-refractivity contribution in [3.05, 3.63) is 87.4 Å². The lowest BCUT2D eigenvalue weighted by molar-refractivity contribution is -0.139. The van der Waals surface area contributed by atoms with Gasteiger partial charge in [-0.1, -0.05) is 41.6 Å². The van der Waals surface area contributed by atoms with Crippen LogP contribution in [0.1, 0.15) is 48.7 Å². The number of nitrogens with zero attached hydrogens (tertiary/aromatic N) is 3. The van der Waals surface area contributed by atoms with Crippen LogP contribution in [0, 0.1) is 13.8 Å². The van der Waals surface area contributed by atoms with E-state index in [1.54, 1.807) is 13.1 Å². The number of esters is 1. The summed E-state index contributed by atoms with van der Waals surface area (Å²) in [6.07, 6.45) is 2.60. The molecule has 0 saturated heterocycles. The summed E-state index contributed by atoms with van der Waals surface area (Å²) in [6, 6.07) is 11.5. The Balaban J connectivity index is 1.58. The molecule has 35 heavy (non-hydrogen) atoms. The molecule has 0 saturated carbocycles. The number of benzene rings is 1. The van der Waals surface area contributed by atoms with Gasteiger partial charge in [0, 0.05) is 30.6 Å². The number of amides is 1. The predicted octanol–water partition coefficient (Wildman–Crippen LogP) is 4.59. The molecule has 0 fully saturated rings. The smallest absolute Gasteiger partial charge is 0.338 e. The van der Waals surface area contributed by atoms with E-state index in [1.807, 2.05) is 55.3 Å². The van der Waals surface area contributed by atoms with Crippen molar-refractivity contribution in [1.29, 1.82) is 0 Å². The number of ether oxygens (including phenoxy) is 1. The number of aromatic nitrogens is 1. The third kappa shape index (κ3) is 5.48. The van der Waals surface area contributed by atoms with Crippen molar-refractivity contribution in [2.24, 2.45) is 4.99 Å². The molecule has 1 aromatic carbocycles. The van der Waals surface area contributed by atoms with Crippen LogP contribution >= 0.6 is 11.8 Å². The lowest BCUT2D eigenvalue weighted by atomic mass is 9.90. The van der Waals surface area contributed by atoms with Gasteiger partial charge >= 0.3 is 5.97 Å². The van der Waals surface area contributed by atoms with E-state index in [4.69, 9.17) is 9.73 Å². The number of aryl methyl sites for hydroxylation is 2. The molecule has 1 atom stereocenters. The molecule has 2 aromatic rings.